The average molecular weight is 863 g/mol. The van der Waals surface area contributed by atoms with Crippen LogP contribution in [0.4, 0.5) is 0 Å². The number of aliphatic hydroxyl groups is 1. The number of carbonyl (C=O) groups is 2. The molecule has 0 amide bonds. The van der Waals surface area contributed by atoms with Gasteiger partial charge in [0.2, 0.25) is 0 Å². The van der Waals surface area contributed by atoms with Gasteiger partial charge in [-0.1, -0.05) is 207 Å². The molecule has 2 unspecified atom stereocenters. The fraction of sp³-hybridized carbons (Fsp3) is 0.963. The molecule has 1 aliphatic heterocycles. The van der Waals surface area contributed by atoms with Crippen LogP contribution < -0.4 is 5.32 Å². The summed E-state index contributed by atoms with van der Waals surface area (Å²) < 4.78 is 11.8. The number of esters is 2. The van der Waals surface area contributed by atoms with E-state index in [9.17, 15) is 14.7 Å². The molecule has 2 N–H and O–H groups in total. The van der Waals surface area contributed by atoms with Gasteiger partial charge in [-0.25, -0.2) is 0 Å². The van der Waals surface area contributed by atoms with Gasteiger partial charge >= 0.3 is 11.9 Å². The van der Waals surface area contributed by atoms with Crippen LogP contribution in [0, 0.1) is 11.8 Å². The highest BCUT2D eigenvalue weighted by Gasteiger charge is 2.26. The molecule has 1 rings (SSSR count). The third-order valence-electron chi connectivity index (χ3n) is 13.5. The highest BCUT2D eigenvalue weighted by atomic mass is 16.5. The Bertz CT molecular complexity index is 854. The molecule has 7 heteroatoms. The third kappa shape index (κ3) is 34.8. The Morgan fingerprint density at radius 3 is 1.16 bits per heavy atom. The van der Waals surface area contributed by atoms with Crippen molar-refractivity contribution in [3.63, 3.8) is 0 Å². The monoisotopic (exact) mass is 863 g/mol. The summed E-state index contributed by atoms with van der Waals surface area (Å²) in [5.41, 5.74) is 0. The van der Waals surface area contributed by atoms with Gasteiger partial charge in [-0.15, -0.1) is 0 Å². The van der Waals surface area contributed by atoms with E-state index in [1.807, 2.05) is 0 Å². The molecule has 0 aromatic carbocycles. The number of aliphatic hydroxyl groups excluding tert-OH is 1. The summed E-state index contributed by atoms with van der Waals surface area (Å²) in [5, 5.41) is 13.3. The Morgan fingerprint density at radius 2 is 0.787 bits per heavy atom. The van der Waals surface area contributed by atoms with E-state index in [4.69, 9.17) is 9.47 Å². The second-order valence-electron chi connectivity index (χ2n) is 19.4. The zero-order valence-corrected chi connectivity index (χ0v) is 41.4. The smallest absolute Gasteiger partial charge is 0.308 e. The van der Waals surface area contributed by atoms with Crippen LogP contribution >= 0.6 is 0 Å². The molecule has 0 aliphatic carbocycles. The number of rotatable bonds is 46. The van der Waals surface area contributed by atoms with Gasteiger partial charge in [0.15, 0.2) is 0 Å². The Labute approximate surface area is 380 Å². The second kappa shape index (κ2) is 44.0. The quantitative estimate of drug-likeness (QED) is 0.0465. The molecule has 0 radical (unpaired) electrons. The maximum absolute atomic E-state index is 13.1. The Balaban J connectivity index is 2.44. The van der Waals surface area contributed by atoms with E-state index in [1.54, 1.807) is 0 Å². The van der Waals surface area contributed by atoms with Crippen molar-refractivity contribution in [1.29, 1.82) is 0 Å². The van der Waals surface area contributed by atoms with E-state index in [-0.39, 0.29) is 23.8 Å². The summed E-state index contributed by atoms with van der Waals surface area (Å²) >= 11 is 0. The van der Waals surface area contributed by atoms with E-state index >= 15 is 0 Å². The number of unbranched alkanes of at least 4 members (excludes halogenated alkanes) is 25. The van der Waals surface area contributed by atoms with Gasteiger partial charge in [0.25, 0.3) is 0 Å². The molecule has 2 atom stereocenters. The standard InChI is InChI=1S/C54H106N2O5/c1-5-9-13-17-27-37-49(38-28-18-14-10-6-2)53(58)60-45-35-25-21-31-41-51-47-56(43-33-23-24-34-44-57)48-52(55-51)42-32-22-26-36-46-61-54(59)50(39-29-19-15-11-7-3)40-30-20-16-12-8-4/h49-52,55,57H,5-48H2,1-4H3. The van der Waals surface area contributed by atoms with Crippen molar-refractivity contribution in [2.45, 2.75) is 284 Å². The van der Waals surface area contributed by atoms with Gasteiger partial charge in [-0.05, 0) is 70.8 Å². The van der Waals surface area contributed by atoms with Gasteiger partial charge in [0.1, 0.15) is 0 Å². The minimum atomic E-state index is 0.0686. The lowest BCUT2D eigenvalue weighted by molar-refractivity contribution is -0.150. The summed E-state index contributed by atoms with van der Waals surface area (Å²) in [4.78, 5) is 28.9. The van der Waals surface area contributed by atoms with Crippen molar-refractivity contribution >= 4 is 11.9 Å². The van der Waals surface area contributed by atoms with Crippen LogP contribution in [-0.4, -0.2) is 73.5 Å². The molecule has 7 nitrogen and oxygen atoms in total. The molecule has 1 aliphatic rings. The summed E-state index contributed by atoms with van der Waals surface area (Å²) in [6, 6.07) is 1.07. The van der Waals surface area contributed by atoms with Crippen molar-refractivity contribution in [2.75, 3.05) is 39.5 Å². The number of carbonyl (C=O) groups excluding carboxylic acids is 2. The number of ether oxygens (including phenoxy) is 2. The number of nitrogens with one attached hydrogen (secondary N) is 1. The number of nitrogens with zero attached hydrogens (tertiary/aromatic N) is 1. The first-order chi connectivity index (χ1) is 30.0. The fourth-order valence-corrected chi connectivity index (χ4v) is 9.48. The zero-order valence-electron chi connectivity index (χ0n) is 41.4. The lowest BCUT2D eigenvalue weighted by atomic mass is 9.94. The molecular weight excluding hydrogens is 757 g/mol. The fourth-order valence-electron chi connectivity index (χ4n) is 9.48. The van der Waals surface area contributed by atoms with Crippen LogP contribution in [0.1, 0.15) is 272 Å². The molecule has 1 heterocycles. The minimum Gasteiger partial charge on any atom is -0.465 e. The van der Waals surface area contributed by atoms with Gasteiger partial charge in [0, 0.05) is 31.8 Å². The number of piperazine rings is 1. The van der Waals surface area contributed by atoms with Crippen molar-refractivity contribution in [2.24, 2.45) is 11.8 Å². The first-order valence-corrected chi connectivity index (χ1v) is 27.4. The Hall–Kier alpha value is -1.18. The highest BCUT2D eigenvalue weighted by molar-refractivity contribution is 5.72. The van der Waals surface area contributed by atoms with Crippen molar-refractivity contribution in [3.8, 4) is 0 Å². The van der Waals surface area contributed by atoms with E-state index < -0.39 is 0 Å². The van der Waals surface area contributed by atoms with Crippen molar-refractivity contribution in [3.05, 3.63) is 0 Å². The van der Waals surface area contributed by atoms with Crippen LogP contribution in [0.15, 0.2) is 0 Å². The number of hydrogen-bond acceptors (Lipinski definition) is 7. The second-order valence-corrected chi connectivity index (χ2v) is 19.4. The molecule has 1 fully saturated rings. The van der Waals surface area contributed by atoms with Gasteiger partial charge in [-0.2, -0.15) is 0 Å². The van der Waals surface area contributed by atoms with Crippen LogP contribution in [0.2, 0.25) is 0 Å². The summed E-state index contributed by atoms with van der Waals surface area (Å²) in [6.45, 7) is 13.9. The van der Waals surface area contributed by atoms with Gasteiger partial charge < -0.3 is 24.8 Å². The van der Waals surface area contributed by atoms with Crippen LogP contribution in [-0.2, 0) is 19.1 Å². The maximum Gasteiger partial charge on any atom is 0.308 e. The van der Waals surface area contributed by atoms with E-state index in [0.29, 0.717) is 31.9 Å². The maximum atomic E-state index is 13.1. The number of hydrogen-bond donors (Lipinski definition) is 2. The van der Waals surface area contributed by atoms with Crippen LogP contribution in [0.5, 0.6) is 0 Å². The topological polar surface area (TPSA) is 88.1 Å². The Morgan fingerprint density at radius 1 is 0.459 bits per heavy atom. The SMILES string of the molecule is CCCCCCCC(CCCCCCC)C(=O)OCCCCCCC1CN(CCCCCCO)CC(CCCCCCOC(=O)C(CCCCCCC)CCCCCCC)N1. The lowest BCUT2D eigenvalue weighted by Gasteiger charge is -2.39. The predicted octanol–water partition coefficient (Wildman–Crippen LogP) is 14.8. The van der Waals surface area contributed by atoms with E-state index in [1.165, 1.54) is 154 Å². The molecule has 0 spiro atoms. The molecule has 0 aromatic heterocycles. The van der Waals surface area contributed by atoms with E-state index in [0.717, 1.165) is 110 Å². The van der Waals surface area contributed by atoms with Gasteiger partial charge in [0.05, 0.1) is 25.0 Å². The summed E-state index contributed by atoms with van der Waals surface area (Å²) in [5.74, 6) is 0.328. The third-order valence-corrected chi connectivity index (χ3v) is 13.5. The summed E-state index contributed by atoms with van der Waals surface area (Å²) in [6.07, 6.45) is 44.9. The van der Waals surface area contributed by atoms with Crippen molar-refractivity contribution in [1.82, 2.24) is 10.2 Å². The van der Waals surface area contributed by atoms with Crippen LogP contribution in [0.3, 0.4) is 0 Å². The molecule has 0 bridgehead atoms. The first-order valence-electron chi connectivity index (χ1n) is 27.4. The molecule has 0 saturated carbocycles. The normalized spacial score (nSPS) is 15.9. The van der Waals surface area contributed by atoms with E-state index in [2.05, 4.69) is 37.9 Å². The molecular formula is C54H106N2O5. The van der Waals surface area contributed by atoms with Gasteiger partial charge in [-0.3, -0.25) is 9.59 Å². The largest absolute Gasteiger partial charge is 0.465 e. The van der Waals surface area contributed by atoms with Crippen molar-refractivity contribution < 1.29 is 24.2 Å². The zero-order chi connectivity index (χ0) is 44.3. The van der Waals surface area contributed by atoms with Crippen LogP contribution in [0.25, 0.3) is 0 Å². The first kappa shape index (κ1) is 57.8. The predicted molar refractivity (Wildman–Crippen MR) is 261 cm³/mol. The lowest BCUT2D eigenvalue weighted by Crippen LogP contribution is -2.56. The molecule has 362 valence electrons. The average Bonchev–Trinajstić information content (AvgIpc) is 3.26. The molecule has 0 aromatic rings. The summed E-state index contributed by atoms with van der Waals surface area (Å²) in [7, 11) is 0. The Kier molecular flexibility index (Phi) is 41.8. The highest BCUT2D eigenvalue weighted by Crippen LogP contribution is 2.23. The minimum absolute atomic E-state index is 0.0686. The molecule has 1 saturated heterocycles. The molecule has 61 heavy (non-hydrogen) atoms.